The van der Waals surface area contributed by atoms with Gasteiger partial charge in [-0.05, 0) is 0 Å². The monoisotopic (exact) mass is 164 g/mol. The predicted octanol–water partition coefficient (Wildman–Crippen LogP) is -1.93. The fourth-order valence-electron chi connectivity index (χ4n) is 1.03. The van der Waals surface area contributed by atoms with Crippen LogP contribution in [0.3, 0.4) is 0 Å². The lowest BCUT2D eigenvalue weighted by Crippen LogP contribution is -2.53. The smallest absolute Gasteiger partial charge is 0.183 e. The maximum atomic E-state index is 9.19. The van der Waals surface area contributed by atoms with Crippen molar-refractivity contribution in [2.45, 2.75) is 24.6 Å². The molecular formula is C6H12O5. The molecule has 1 heterocycles. The number of aliphatic hydroxyl groups excluding tert-OH is 3. The van der Waals surface area contributed by atoms with Gasteiger partial charge in [0.05, 0.1) is 6.61 Å². The van der Waals surface area contributed by atoms with Crippen LogP contribution in [-0.4, -0.2) is 53.6 Å². The van der Waals surface area contributed by atoms with Crippen LogP contribution in [0.4, 0.5) is 0 Å². The molecule has 0 aromatic heterocycles. The Hall–Kier alpha value is -0.200. The van der Waals surface area contributed by atoms with Crippen molar-refractivity contribution in [1.82, 2.24) is 0 Å². The molecule has 0 saturated carbocycles. The van der Waals surface area contributed by atoms with Crippen molar-refractivity contribution in [3.05, 3.63) is 0 Å². The zero-order valence-electron chi connectivity index (χ0n) is 6.17. The summed E-state index contributed by atoms with van der Waals surface area (Å²) in [4.78, 5) is 0. The Morgan fingerprint density at radius 2 is 2.00 bits per heavy atom. The fraction of sp³-hybridized carbons (Fsp3) is 1.00. The number of ether oxygens (including phenoxy) is 2. The Morgan fingerprint density at radius 1 is 1.36 bits per heavy atom. The van der Waals surface area contributed by atoms with Gasteiger partial charge in [-0.25, -0.2) is 0 Å². The van der Waals surface area contributed by atoms with E-state index >= 15 is 0 Å². The summed E-state index contributed by atoms with van der Waals surface area (Å²) in [6, 6.07) is 0. The Labute approximate surface area is 64.2 Å². The highest BCUT2D eigenvalue weighted by molar-refractivity contribution is 4.82. The number of aliphatic hydroxyl groups is 3. The van der Waals surface area contributed by atoms with E-state index in [1.165, 1.54) is 7.11 Å². The van der Waals surface area contributed by atoms with Gasteiger partial charge in [-0.3, -0.25) is 0 Å². The van der Waals surface area contributed by atoms with E-state index in [0.29, 0.717) is 0 Å². The van der Waals surface area contributed by atoms with E-state index in [-0.39, 0.29) is 6.61 Å². The van der Waals surface area contributed by atoms with Crippen molar-refractivity contribution in [3.8, 4) is 0 Å². The van der Waals surface area contributed by atoms with Gasteiger partial charge in [0.2, 0.25) is 0 Å². The molecule has 0 bridgehead atoms. The normalized spacial score (nSPS) is 45.8. The minimum Gasteiger partial charge on any atom is -0.388 e. The van der Waals surface area contributed by atoms with Crippen LogP contribution in [0.15, 0.2) is 0 Å². The van der Waals surface area contributed by atoms with E-state index in [1.54, 1.807) is 0 Å². The Morgan fingerprint density at radius 3 is 2.45 bits per heavy atom. The van der Waals surface area contributed by atoms with Gasteiger partial charge in [0.25, 0.3) is 0 Å². The molecular weight excluding hydrogens is 152 g/mol. The highest BCUT2D eigenvalue weighted by atomic mass is 16.6. The van der Waals surface area contributed by atoms with Crippen LogP contribution in [-0.2, 0) is 9.47 Å². The molecule has 3 N–H and O–H groups in total. The maximum absolute atomic E-state index is 9.19. The minimum absolute atomic E-state index is 0.0673. The van der Waals surface area contributed by atoms with Crippen LogP contribution in [0.25, 0.3) is 0 Å². The van der Waals surface area contributed by atoms with Crippen molar-refractivity contribution in [2.24, 2.45) is 0 Å². The second kappa shape index (κ2) is 3.46. The second-order valence-corrected chi connectivity index (χ2v) is 2.48. The molecule has 1 saturated heterocycles. The molecule has 0 aromatic carbocycles. The Balaban J connectivity index is 2.55. The van der Waals surface area contributed by atoms with Crippen LogP contribution in [0.5, 0.6) is 0 Å². The van der Waals surface area contributed by atoms with Crippen molar-refractivity contribution < 1.29 is 24.8 Å². The SMILES string of the molecule is CO[C@@H]1[C@@H](O)[C@@H](O)CO[C@@H]1O. The number of methoxy groups -OCH3 is 1. The lowest BCUT2D eigenvalue weighted by atomic mass is 10.1. The molecule has 0 aromatic rings. The third-order valence-electron chi connectivity index (χ3n) is 1.72. The van der Waals surface area contributed by atoms with Gasteiger partial charge in [-0.15, -0.1) is 0 Å². The zero-order chi connectivity index (χ0) is 8.43. The number of hydrogen-bond acceptors (Lipinski definition) is 5. The standard InChI is InChI=1S/C6H12O5/c1-10-5-4(8)3(7)2-11-6(5)9/h3-9H,2H2,1H3/t3-,4-,5+,6-/m0/s1. The molecule has 5 heteroatoms. The lowest BCUT2D eigenvalue weighted by molar-refractivity contribution is -0.258. The molecule has 0 radical (unpaired) electrons. The van der Waals surface area contributed by atoms with Crippen molar-refractivity contribution in [2.75, 3.05) is 13.7 Å². The van der Waals surface area contributed by atoms with E-state index in [1.807, 2.05) is 0 Å². The zero-order valence-corrected chi connectivity index (χ0v) is 6.17. The second-order valence-electron chi connectivity index (χ2n) is 2.48. The fourth-order valence-corrected chi connectivity index (χ4v) is 1.03. The Bertz CT molecular complexity index is 128. The molecule has 4 atom stereocenters. The van der Waals surface area contributed by atoms with Crippen LogP contribution in [0.1, 0.15) is 0 Å². The predicted molar refractivity (Wildman–Crippen MR) is 34.8 cm³/mol. The van der Waals surface area contributed by atoms with E-state index in [9.17, 15) is 5.11 Å². The summed E-state index contributed by atoms with van der Waals surface area (Å²) in [5.41, 5.74) is 0. The van der Waals surface area contributed by atoms with E-state index in [4.69, 9.17) is 14.9 Å². The van der Waals surface area contributed by atoms with Crippen molar-refractivity contribution in [3.63, 3.8) is 0 Å². The summed E-state index contributed by atoms with van der Waals surface area (Å²) < 4.78 is 9.39. The molecule has 1 rings (SSSR count). The molecule has 5 nitrogen and oxygen atoms in total. The molecule has 1 aliphatic rings. The summed E-state index contributed by atoms with van der Waals surface area (Å²) in [7, 11) is 1.33. The first-order valence-corrected chi connectivity index (χ1v) is 3.35. The topological polar surface area (TPSA) is 79.2 Å². The third kappa shape index (κ3) is 1.69. The molecule has 0 amide bonds. The van der Waals surface area contributed by atoms with Gasteiger partial charge in [-0.1, -0.05) is 0 Å². The van der Waals surface area contributed by atoms with Crippen LogP contribution >= 0.6 is 0 Å². The van der Waals surface area contributed by atoms with Crippen LogP contribution in [0.2, 0.25) is 0 Å². The van der Waals surface area contributed by atoms with Crippen molar-refractivity contribution >= 4 is 0 Å². The quantitative estimate of drug-likeness (QED) is 0.420. The van der Waals surface area contributed by atoms with Gasteiger partial charge in [0, 0.05) is 7.11 Å². The van der Waals surface area contributed by atoms with E-state index < -0.39 is 24.6 Å². The van der Waals surface area contributed by atoms with Gasteiger partial charge >= 0.3 is 0 Å². The van der Waals surface area contributed by atoms with Gasteiger partial charge < -0.3 is 24.8 Å². The van der Waals surface area contributed by atoms with E-state index in [2.05, 4.69) is 4.74 Å². The summed E-state index contributed by atoms with van der Waals surface area (Å²) >= 11 is 0. The summed E-state index contributed by atoms with van der Waals surface area (Å²) in [6.45, 7) is -0.0673. The number of hydrogen-bond donors (Lipinski definition) is 3. The molecule has 0 spiro atoms. The molecule has 11 heavy (non-hydrogen) atoms. The summed E-state index contributed by atoms with van der Waals surface area (Å²) in [6.07, 6.45) is -4.08. The maximum Gasteiger partial charge on any atom is 0.183 e. The summed E-state index contributed by atoms with van der Waals surface area (Å²) in [5, 5.41) is 27.3. The lowest BCUT2D eigenvalue weighted by Gasteiger charge is -2.34. The Kier molecular flexibility index (Phi) is 2.80. The first-order valence-electron chi connectivity index (χ1n) is 3.35. The molecule has 66 valence electrons. The minimum atomic E-state index is -1.15. The van der Waals surface area contributed by atoms with Gasteiger partial charge in [0.15, 0.2) is 6.29 Å². The molecule has 1 aliphatic heterocycles. The molecule has 0 unspecified atom stereocenters. The number of rotatable bonds is 1. The average molecular weight is 164 g/mol. The molecule has 0 aliphatic carbocycles. The first kappa shape index (κ1) is 8.89. The van der Waals surface area contributed by atoms with Gasteiger partial charge in [-0.2, -0.15) is 0 Å². The van der Waals surface area contributed by atoms with Crippen LogP contribution in [0, 0.1) is 0 Å². The average Bonchev–Trinajstić information content (AvgIpc) is 1.99. The van der Waals surface area contributed by atoms with E-state index in [0.717, 1.165) is 0 Å². The first-order chi connectivity index (χ1) is 5.16. The van der Waals surface area contributed by atoms with Crippen LogP contribution < -0.4 is 0 Å². The highest BCUT2D eigenvalue weighted by Crippen LogP contribution is 2.15. The molecule has 1 fully saturated rings. The summed E-state index contributed by atoms with van der Waals surface area (Å²) in [5.74, 6) is 0. The third-order valence-corrected chi connectivity index (χ3v) is 1.72. The highest BCUT2D eigenvalue weighted by Gasteiger charge is 2.37. The van der Waals surface area contributed by atoms with Crippen molar-refractivity contribution in [1.29, 1.82) is 0 Å². The van der Waals surface area contributed by atoms with Gasteiger partial charge in [0.1, 0.15) is 18.3 Å². The largest absolute Gasteiger partial charge is 0.388 e.